The predicted octanol–water partition coefficient (Wildman–Crippen LogP) is 3.10. The number of phenolic OH excluding ortho intramolecular Hbond substituents is 1. The monoisotopic (exact) mass is 471 g/mol. The lowest BCUT2D eigenvalue weighted by atomic mass is 10.1. The van der Waals surface area contributed by atoms with E-state index < -0.39 is 0 Å². The number of pyridine rings is 1. The van der Waals surface area contributed by atoms with Crippen LogP contribution in [0.4, 0.5) is 11.4 Å². The lowest BCUT2D eigenvalue weighted by molar-refractivity contribution is -0.593. The minimum Gasteiger partial charge on any atom is -0.618 e. The third-order valence-corrected chi connectivity index (χ3v) is 6.41. The molecule has 1 aliphatic heterocycles. The highest BCUT2D eigenvalue weighted by Crippen LogP contribution is 2.29. The number of rotatable bonds is 7. The molecule has 0 radical (unpaired) electrons. The number of nitrogens with one attached hydrogen (secondary N) is 2. The molecule has 1 aliphatic rings. The van der Waals surface area contributed by atoms with Crippen LogP contribution in [0.5, 0.6) is 5.75 Å². The summed E-state index contributed by atoms with van der Waals surface area (Å²) in [6.07, 6.45) is 7.99. The second-order valence-corrected chi connectivity index (χ2v) is 8.74. The summed E-state index contributed by atoms with van der Waals surface area (Å²) in [4.78, 5) is 4.69. The molecule has 1 atom stereocenters. The number of aryl methyl sites for hydroxylation is 1. The fourth-order valence-electron chi connectivity index (χ4n) is 4.54. The third-order valence-electron chi connectivity index (χ3n) is 6.41. The van der Waals surface area contributed by atoms with Gasteiger partial charge in [-0.1, -0.05) is 6.92 Å². The first-order chi connectivity index (χ1) is 17.0. The van der Waals surface area contributed by atoms with Crippen molar-refractivity contribution in [2.45, 2.75) is 32.2 Å². The molecule has 0 aliphatic carbocycles. The van der Waals surface area contributed by atoms with E-state index in [1.165, 1.54) is 6.20 Å². The van der Waals surface area contributed by atoms with Gasteiger partial charge in [-0.2, -0.15) is 9.83 Å². The van der Waals surface area contributed by atoms with Gasteiger partial charge in [0.2, 0.25) is 5.69 Å². The summed E-state index contributed by atoms with van der Waals surface area (Å²) < 4.78 is 2.60. The quantitative estimate of drug-likeness (QED) is 0.142. The summed E-state index contributed by atoms with van der Waals surface area (Å²) in [5.74, 6) is 0.523. The molecule has 0 spiro atoms. The minimum absolute atomic E-state index is 0.200. The molecule has 0 unspecified atom stereocenters. The largest absolute Gasteiger partial charge is 0.618 e. The van der Waals surface area contributed by atoms with E-state index in [0.29, 0.717) is 35.2 Å². The second kappa shape index (κ2) is 9.63. The molecule has 4 aromatic rings. The van der Waals surface area contributed by atoms with Gasteiger partial charge in [-0.15, -0.1) is 0 Å². The van der Waals surface area contributed by atoms with E-state index in [1.807, 2.05) is 25.3 Å². The topological polar surface area (TPSA) is 127 Å². The van der Waals surface area contributed by atoms with Gasteiger partial charge in [-0.25, -0.2) is 9.51 Å². The van der Waals surface area contributed by atoms with Gasteiger partial charge in [0, 0.05) is 30.9 Å². The predicted molar refractivity (Wildman–Crippen MR) is 137 cm³/mol. The Hall–Kier alpha value is -4.11. The average molecular weight is 472 g/mol. The number of aromatic nitrogens is 3. The smallest absolute Gasteiger partial charge is 0.225 e. The van der Waals surface area contributed by atoms with Crippen molar-refractivity contribution in [3.05, 3.63) is 77.4 Å². The van der Waals surface area contributed by atoms with Crippen LogP contribution in [0.15, 0.2) is 66.0 Å². The summed E-state index contributed by atoms with van der Waals surface area (Å²) in [6.45, 7) is 3.75. The molecule has 0 saturated carbocycles. The highest BCUT2D eigenvalue weighted by Gasteiger charge is 2.20. The summed E-state index contributed by atoms with van der Waals surface area (Å²) in [6, 6.07) is 12.7. The first-order valence-electron chi connectivity index (χ1n) is 11.9. The number of nitrogens with two attached hydrogens (primary N) is 1. The van der Waals surface area contributed by atoms with Crippen LogP contribution in [0.1, 0.15) is 30.9 Å². The highest BCUT2D eigenvalue weighted by molar-refractivity contribution is 6.06. The first kappa shape index (κ1) is 22.7. The maximum atomic E-state index is 12.3. The Balaban J connectivity index is 1.60. The van der Waals surface area contributed by atoms with E-state index >= 15 is 0 Å². The SMILES string of the molecule is CCc1cc(O)ccc1N=C(N)c1cnn2cc(-c3cccc[n+]3[O-])cc2c1NC[C@H]1CCCN1. The molecule has 4 heterocycles. The molecular weight excluding hydrogens is 442 g/mol. The molecule has 1 fully saturated rings. The number of anilines is 1. The fourth-order valence-corrected chi connectivity index (χ4v) is 4.54. The van der Waals surface area contributed by atoms with Crippen LogP contribution < -0.4 is 21.1 Å². The maximum Gasteiger partial charge on any atom is 0.225 e. The van der Waals surface area contributed by atoms with Crippen LogP contribution in [-0.4, -0.2) is 39.7 Å². The van der Waals surface area contributed by atoms with Gasteiger partial charge in [-0.3, -0.25) is 0 Å². The van der Waals surface area contributed by atoms with Crippen LogP contribution in [0.2, 0.25) is 0 Å². The zero-order valence-electron chi connectivity index (χ0n) is 19.6. The summed E-state index contributed by atoms with van der Waals surface area (Å²) >= 11 is 0. The summed E-state index contributed by atoms with van der Waals surface area (Å²) in [5, 5.41) is 33.8. The van der Waals surface area contributed by atoms with Gasteiger partial charge in [0.15, 0.2) is 6.20 Å². The lowest BCUT2D eigenvalue weighted by Gasteiger charge is -2.17. The number of nitrogens with zero attached hydrogens (tertiary/aromatic N) is 4. The van der Waals surface area contributed by atoms with Crippen LogP contribution in [-0.2, 0) is 6.42 Å². The molecule has 1 aromatic carbocycles. The zero-order chi connectivity index (χ0) is 24.4. The van der Waals surface area contributed by atoms with Gasteiger partial charge in [0.1, 0.15) is 11.6 Å². The number of fused-ring (bicyclic) bond motifs is 1. The van der Waals surface area contributed by atoms with Crippen molar-refractivity contribution < 1.29 is 9.84 Å². The Labute approximate surface area is 203 Å². The number of phenols is 1. The van der Waals surface area contributed by atoms with Gasteiger partial charge >= 0.3 is 0 Å². The van der Waals surface area contributed by atoms with Gasteiger partial charge < -0.3 is 26.7 Å². The van der Waals surface area contributed by atoms with E-state index in [4.69, 9.17) is 10.7 Å². The zero-order valence-corrected chi connectivity index (χ0v) is 19.6. The van der Waals surface area contributed by atoms with E-state index in [2.05, 4.69) is 15.7 Å². The van der Waals surface area contributed by atoms with Crippen molar-refractivity contribution in [1.82, 2.24) is 14.9 Å². The minimum atomic E-state index is 0.200. The van der Waals surface area contributed by atoms with Gasteiger partial charge in [-0.05, 0) is 61.7 Å². The maximum absolute atomic E-state index is 12.3. The first-order valence-corrected chi connectivity index (χ1v) is 11.9. The van der Waals surface area contributed by atoms with Crippen LogP contribution in [0.3, 0.4) is 0 Å². The fraction of sp³-hybridized carbons (Fsp3) is 0.269. The number of aromatic hydroxyl groups is 1. The standard InChI is InChI=1S/C26H29N7O2/c1-2-17-12-20(34)8-9-22(17)31-26(27)21-15-30-32-16-18(23-7-3-4-11-33(23)35)13-24(32)25(21)29-14-19-6-5-10-28-19/h3-4,7-9,11-13,15-16,19,28-29,34H,2,5-6,10,14H2,1H3,(H2,27,31)/t19-/m1/s1. The normalized spacial score (nSPS) is 16.1. The van der Waals surface area contributed by atoms with E-state index in [1.54, 1.807) is 41.0 Å². The molecular formula is C26H29N7O2. The van der Waals surface area contributed by atoms with Crippen LogP contribution in [0, 0.1) is 5.21 Å². The molecule has 180 valence electrons. The van der Waals surface area contributed by atoms with Crippen molar-refractivity contribution in [2.75, 3.05) is 18.4 Å². The number of aliphatic imine (C=N–C) groups is 1. The Kier molecular flexibility index (Phi) is 6.24. The lowest BCUT2D eigenvalue weighted by Crippen LogP contribution is -2.30. The molecule has 9 heteroatoms. The van der Waals surface area contributed by atoms with Crippen molar-refractivity contribution in [3.8, 4) is 17.0 Å². The Morgan fingerprint density at radius 2 is 2.23 bits per heavy atom. The highest BCUT2D eigenvalue weighted by atomic mass is 16.5. The number of amidine groups is 1. The van der Waals surface area contributed by atoms with Gasteiger partial charge in [0.05, 0.1) is 34.2 Å². The second-order valence-electron chi connectivity index (χ2n) is 8.74. The van der Waals surface area contributed by atoms with Crippen LogP contribution in [0.25, 0.3) is 16.8 Å². The van der Waals surface area contributed by atoms with E-state index in [9.17, 15) is 10.3 Å². The molecule has 5 rings (SSSR count). The van der Waals surface area contributed by atoms with Gasteiger partial charge in [0.25, 0.3) is 0 Å². The van der Waals surface area contributed by atoms with Crippen molar-refractivity contribution in [3.63, 3.8) is 0 Å². The Morgan fingerprint density at radius 3 is 3.00 bits per heavy atom. The Morgan fingerprint density at radius 1 is 1.34 bits per heavy atom. The molecule has 0 bridgehead atoms. The molecule has 3 aromatic heterocycles. The van der Waals surface area contributed by atoms with Crippen molar-refractivity contribution in [1.29, 1.82) is 0 Å². The molecule has 9 nitrogen and oxygen atoms in total. The molecule has 5 N–H and O–H groups in total. The molecule has 35 heavy (non-hydrogen) atoms. The Bertz CT molecular complexity index is 1390. The average Bonchev–Trinajstić information content (AvgIpc) is 3.53. The van der Waals surface area contributed by atoms with Crippen molar-refractivity contribution in [2.24, 2.45) is 10.7 Å². The number of benzene rings is 1. The van der Waals surface area contributed by atoms with Crippen molar-refractivity contribution >= 4 is 22.7 Å². The summed E-state index contributed by atoms with van der Waals surface area (Å²) in [7, 11) is 0. The van der Waals surface area contributed by atoms with E-state index in [-0.39, 0.29) is 5.75 Å². The van der Waals surface area contributed by atoms with Crippen LogP contribution >= 0.6 is 0 Å². The van der Waals surface area contributed by atoms with E-state index in [0.717, 1.165) is 53.0 Å². The third kappa shape index (κ3) is 4.63. The number of hydrogen-bond donors (Lipinski definition) is 4. The molecule has 0 amide bonds. The summed E-state index contributed by atoms with van der Waals surface area (Å²) in [5.41, 5.74) is 11.7. The molecule has 1 saturated heterocycles. The number of hydrogen-bond acceptors (Lipinski definition) is 6.